The summed E-state index contributed by atoms with van der Waals surface area (Å²) in [6.45, 7) is -1.76. The van der Waals surface area contributed by atoms with Crippen LogP contribution in [0.25, 0.3) is 16.8 Å². The zero-order valence-corrected chi connectivity index (χ0v) is 25.1. The molecule has 0 aliphatic carbocycles. The van der Waals surface area contributed by atoms with Gasteiger partial charge in [-0.05, 0) is 6.07 Å². The van der Waals surface area contributed by atoms with Crippen molar-refractivity contribution in [1.29, 1.82) is 0 Å². The molecule has 46 heavy (non-hydrogen) atoms. The molecule has 10 atom stereocenters. The van der Waals surface area contributed by atoms with Gasteiger partial charge < -0.3 is 45.4 Å². The molecule has 6 heterocycles. The molecule has 0 saturated carbocycles. The molecule has 2 fully saturated rings. The lowest BCUT2D eigenvalue weighted by atomic mass is 10.1. The summed E-state index contributed by atoms with van der Waals surface area (Å²) in [7, 11) is -10.7. The molecule has 4 aromatic rings. The highest BCUT2D eigenvalue weighted by atomic mass is 31.3. The van der Waals surface area contributed by atoms with E-state index >= 15 is 0 Å². The van der Waals surface area contributed by atoms with Gasteiger partial charge in [0, 0.05) is 18.5 Å². The number of imidazole rings is 2. The number of carbonyl (C=O) groups excluding carboxylic acids is 1. The SMILES string of the molecule is NC(=O)c1ccc[n+]([C@@H]2O[C@H](COP(=O)(O)OP(=O)(O)OC[C@H]3O[C@@H]([n+]4c[nH]c5c6nccn6cnc54)[C@H](O)[C@@H]3O)[C@@H](O)[C@H]2O)c1. The van der Waals surface area contributed by atoms with E-state index in [1.165, 1.54) is 46.3 Å². The Kier molecular flexibility index (Phi) is 8.80. The van der Waals surface area contributed by atoms with Crippen molar-refractivity contribution < 1.29 is 76.1 Å². The number of aliphatic hydroxyl groups excluding tert-OH is 4. The van der Waals surface area contributed by atoms with Crippen LogP contribution in [0.5, 0.6) is 0 Å². The van der Waals surface area contributed by atoms with Gasteiger partial charge in [0.15, 0.2) is 36.8 Å². The summed E-state index contributed by atoms with van der Waals surface area (Å²) < 4.78 is 54.2. The number of aromatic amines is 1. The van der Waals surface area contributed by atoms with Crippen LogP contribution in [0.1, 0.15) is 22.8 Å². The largest absolute Gasteiger partial charge is 0.481 e. The highest BCUT2D eigenvalue weighted by molar-refractivity contribution is 7.61. The van der Waals surface area contributed by atoms with E-state index in [1.807, 2.05) is 0 Å². The number of amides is 1. The number of ether oxygens (including phenoxy) is 2. The van der Waals surface area contributed by atoms with Gasteiger partial charge in [-0.25, -0.2) is 18.7 Å². The Morgan fingerprint density at radius 1 is 1.00 bits per heavy atom. The Labute approximate surface area is 257 Å². The number of hydrogen-bond donors (Lipinski definition) is 8. The number of fused-ring (bicyclic) bond motifs is 3. The van der Waals surface area contributed by atoms with Gasteiger partial charge in [0.2, 0.25) is 11.7 Å². The summed E-state index contributed by atoms with van der Waals surface area (Å²) in [5, 5.41) is 41.9. The Bertz CT molecular complexity index is 1860. The van der Waals surface area contributed by atoms with Gasteiger partial charge in [-0.1, -0.05) is 4.98 Å². The second kappa shape index (κ2) is 12.4. The van der Waals surface area contributed by atoms with Crippen molar-refractivity contribution in [3.63, 3.8) is 0 Å². The fraction of sp³-hybridized carbons (Fsp3) is 0.435. The van der Waals surface area contributed by atoms with Crippen molar-refractivity contribution in [2.45, 2.75) is 49.1 Å². The van der Waals surface area contributed by atoms with E-state index in [0.717, 1.165) is 0 Å². The van der Waals surface area contributed by atoms with Crippen LogP contribution in [0.3, 0.4) is 0 Å². The third-order valence-corrected chi connectivity index (χ3v) is 9.97. The number of aromatic nitrogens is 6. The van der Waals surface area contributed by atoms with E-state index in [0.29, 0.717) is 16.8 Å². The molecule has 0 spiro atoms. The maximum atomic E-state index is 12.5. The molecule has 4 aromatic heterocycles. The van der Waals surface area contributed by atoms with E-state index < -0.39 is 83.8 Å². The van der Waals surface area contributed by atoms with Crippen molar-refractivity contribution >= 4 is 38.4 Å². The van der Waals surface area contributed by atoms with E-state index in [1.54, 1.807) is 16.8 Å². The van der Waals surface area contributed by atoms with Crippen LogP contribution in [-0.4, -0.2) is 105 Å². The normalized spacial score (nSPS) is 30.9. The van der Waals surface area contributed by atoms with Crippen molar-refractivity contribution in [3.8, 4) is 0 Å². The molecule has 0 radical (unpaired) electrons. The predicted octanol–water partition coefficient (Wildman–Crippen LogP) is -2.93. The highest BCUT2D eigenvalue weighted by Crippen LogP contribution is 2.60. The first kappa shape index (κ1) is 32.7. The molecule has 9 N–H and O–H groups in total. The maximum absolute atomic E-state index is 12.5. The zero-order valence-electron chi connectivity index (χ0n) is 23.3. The summed E-state index contributed by atoms with van der Waals surface area (Å²) >= 11 is 0. The summed E-state index contributed by atoms with van der Waals surface area (Å²) in [5.74, 6) is -0.761. The zero-order chi connectivity index (χ0) is 33.0. The van der Waals surface area contributed by atoms with E-state index in [-0.39, 0.29) is 5.56 Å². The minimum absolute atomic E-state index is 0.0740. The number of aliphatic hydroxyl groups is 4. The lowest BCUT2D eigenvalue weighted by Gasteiger charge is -2.20. The maximum Gasteiger partial charge on any atom is 0.481 e. The third kappa shape index (κ3) is 6.34. The smallest absolute Gasteiger partial charge is 0.387 e. The van der Waals surface area contributed by atoms with Crippen LogP contribution >= 0.6 is 15.6 Å². The van der Waals surface area contributed by atoms with Crippen LogP contribution in [0, 0.1) is 0 Å². The summed E-state index contributed by atoms with van der Waals surface area (Å²) in [6, 6.07) is 2.85. The van der Waals surface area contributed by atoms with Gasteiger partial charge in [-0.15, -0.1) is 0 Å². The van der Waals surface area contributed by atoms with Gasteiger partial charge in [0.1, 0.15) is 36.1 Å². The molecule has 1 amide bonds. The Hall–Kier alpha value is -3.27. The molecule has 2 aliphatic heterocycles. The number of hydrogen-bond acceptors (Lipinski definition) is 14. The standard InChI is InChI=1S/C23H27N7O14P2/c24-19(35)11-2-1-4-28(6-11)22-17(33)15(31)12(42-22)7-40-45(36,37)44-46(38,39)41-8-13-16(32)18(34)23(43-13)30-10-26-14-20-25-3-5-29(20)9-27-21(14)30/h1-6,9-10,12-13,15-18,22-23,31-34H,7-8H2,(H3-,24,35,36,37,38,39)/p+2/t12-,13-,15-,16-,17-,18-,22-,23-/m1/s1. The van der Waals surface area contributed by atoms with Gasteiger partial charge in [-0.2, -0.15) is 8.88 Å². The van der Waals surface area contributed by atoms with E-state index in [9.17, 15) is 44.1 Å². The number of H-pyrrole nitrogens is 1. The first-order chi connectivity index (χ1) is 21.7. The number of rotatable bonds is 11. The molecule has 2 unspecified atom stereocenters. The molecule has 0 bridgehead atoms. The molecule has 6 rings (SSSR count). The Balaban J connectivity index is 1.04. The number of pyridine rings is 1. The highest BCUT2D eigenvalue weighted by Gasteiger charge is 2.50. The van der Waals surface area contributed by atoms with Crippen molar-refractivity contribution in [2.24, 2.45) is 5.73 Å². The molecule has 248 valence electrons. The monoisotopic (exact) mass is 689 g/mol. The van der Waals surface area contributed by atoms with E-state index in [2.05, 4.69) is 19.3 Å². The average Bonchev–Trinajstić information content (AvgIpc) is 3.77. The van der Waals surface area contributed by atoms with Crippen LogP contribution in [0.4, 0.5) is 0 Å². The second-order valence-electron chi connectivity index (χ2n) is 10.4. The van der Waals surface area contributed by atoms with Crippen molar-refractivity contribution in [1.82, 2.24) is 19.4 Å². The first-order valence-corrected chi connectivity index (χ1v) is 16.4. The number of phosphoric acid groups is 2. The van der Waals surface area contributed by atoms with Gasteiger partial charge in [0.05, 0.1) is 13.2 Å². The fourth-order valence-electron chi connectivity index (χ4n) is 5.11. The number of primary amides is 1. The molecule has 23 heteroatoms. The number of nitrogens with one attached hydrogen (secondary N) is 1. The number of carbonyl (C=O) groups is 1. The van der Waals surface area contributed by atoms with Crippen LogP contribution in [-0.2, 0) is 32.0 Å². The third-order valence-electron chi connectivity index (χ3n) is 7.37. The molecular weight excluding hydrogens is 660 g/mol. The van der Waals surface area contributed by atoms with Crippen molar-refractivity contribution in [3.05, 3.63) is 55.1 Å². The number of phosphoric ester groups is 2. The van der Waals surface area contributed by atoms with Gasteiger partial charge in [-0.3, -0.25) is 23.2 Å². The number of nitrogens with zero attached hydrogens (tertiary/aromatic N) is 5. The predicted molar refractivity (Wildman–Crippen MR) is 145 cm³/mol. The first-order valence-electron chi connectivity index (χ1n) is 13.4. The lowest BCUT2D eigenvalue weighted by molar-refractivity contribution is -0.765. The molecule has 21 nitrogen and oxygen atoms in total. The second-order valence-corrected chi connectivity index (χ2v) is 13.4. The minimum atomic E-state index is -5.36. The molecule has 0 aromatic carbocycles. The molecule has 2 saturated heterocycles. The van der Waals surface area contributed by atoms with Gasteiger partial charge >= 0.3 is 21.3 Å². The van der Waals surface area contributed by atoms with Crippen molar-refractivity contribution in [2.75, 3.05) is 13.2 Å². The summed E-state index contributed by atoms with van der Waals surface area (Å²) in [4.78, 5) is 43.1. The fourth-order valence-corrected chi connectivity index (χ4v) is 7.21. The lowest BCUT2D eigenvalue weighted by Crippen LogP contribution is -2.46. The summed E-state index contributed by atoms with van der Waals surface area (Å²) in [5.41, 5.74) is 6.68. The average molecular weight is 689 g/mol. The van der Waals surface area contributed by atoms with Crippen LogP contribution < -0.4 is 14.9 Å². The summed E-state index contributed by atoms with van der Waals surface area (Å²) in [6.07, 6.45) is -2.88. The Morgan fingerprint density at radius 3 is 2.28 bits per heavy atom. The minimum Gasteiger partial charge on any atom is -0.387 e. The van der Waals surface area contributed by atoms with Crippen LogP contribution in [0.15, 0.2) is 49.6 Å². The van der Waals surface area contributed by atoms with Crippen LogP contribution in [0.2, 0.25) is 0 Å². The quantitative estimate of drug-likeness (QED) is 0.0578. The van der Waals surface area contributed by atoms with E-state index in [4.69, 9.17) is 24.3 Å². The van der Waals surface area contributed by atoms with Gasteiger partial charge in [0.25, 0.3) is 12.1 Å². The molecule has 2 aliphatic rings. The topological polar surface area (TPSA) is 298 Å². The number of nitrogens with two attached hydrogens (primary N) is 1. The molecular formula is C23H29N7O14P2+2. The Morgan fingerprint density at radius 2 is 1.63 bits per heavy atom.